The molecule has 5 rings (SSSR count). The van der Waals surface area contributed by atoms with Gasteiger partial charge < -0.3 is 15.2 Å². The lowest BCUT2D eigenvalue weighted by molar-refractivity contribution is 0.130. The smallest absolute Gasteiger partial charge is 0.407 e. The summed E-state index contributed by atoms with van der Waals surface area (Å²) in [5.41, 5.74) is 7.06. The summed E-state index contributed by atoms with van der Waals surface area (Å²) >= 11 is 0. The number of hydrogen-bond acceptors (Lipinski definition) is 3. The Bertz CT molecular complexity index is 1020. The first-order valence-corrected chi connectivity index (χ1v) is 10.1. The van der Waals surface area contributed by atoms with Gasteiger partial charge in [-0.2, -0.15) is 0 Å². The van der Waals surface area contributed by atoms with Crippen LogP contribution in [0.15, 0.2) is 72.8 Å². The Balaban J connectivity index is 1.32. The van der Waals surface area contributed by atoms with Crippen molar-refractivity contribution in [1.29, 1.82) is 0 Å². The van der Waals surface area contributed by atoms with E-state index in [9.17, 15) is 9.90 Å². The van der Waals surface area contributed by atoms with Crippen LogP contribution in [0.25, 0.3) is 11.1 Å². The molecule has 0 unspecified atom stereocenters. The highest BCUT2D eigenvalue weighted by molar-refractivity contribution is 5.79. The molecule has 0 aromatic heterocycles. The van der Waals surface area contributed by atoms with E-state index in [-0.39, 0.29) is 31.1 Å². The molecule has 0 saturated heterocycles. The predicted octanol–water partition coefficient (Wildman–Crippen LogP) is 4.43. The number of rotatable bonds is 4. The third-order valence-corrected chi connectivity index (χ3v) is 6.20. The van der Waals surface area contributed by atoms with Gasteiger partial charge in [0.05, 0.1) is 6.04 Å². The second-order valence-electron chi connectivity index (χ2n) is 7.79. The lowest BCUT2D eigenvalue weighted by atomic mass is 9.98. The zero-order valence-corrected chi connectivity index (χ0v) is 16.0. The number of aliphatic hydroxyl groups is 1. The van der Waals surface area contributed by atoms with Crippen LogP contribution in [0.5, 0.6) is 0 Å². The highest BCUT2D eigenvalue weighted by Gasteiger charge is 2.34. The fourth-order valence-corrected chi connectivity index (χ4v) is 4.81. The predicted molar refractivity (Wildman–Crippen MR) is 112 cm³/mol. The number of benzene rings is 3. The second-order valence-corrected chi connectivity index (χ2v) is 7.79. The van der Waals surface area contributed by atoms with Gasteiger partial charge in [0, 0.05) is 18.4 Å². The van der Waals surface area contributed by atoms with Crippen molar-refractivity contribution in [1.82, 2.24) is 5.32 Å². The Kier molecular flexibility index (Phi) is 4.57. The molecular weight excluding hydrogens is 362 g/mol. The van der Waals surface area contributed by atoms with Crippen LogP contribution in [0.2, 0.25) is 0 Å². The molecule has 4 nitrogen and oxygen atoms in total. The molecule has 2 aliphatic rings. The summed E-state index contributed by atoms with van der Waals surface area (Å²) in [7, 11) is 0. The van der Waals surface area contributed by atoms with Gasteiger partial charge in [-0.1, -0.05) is 72.8 Å². The maximum absolute atomic E-state index is 12.6. The van der Waals surface area contributed by atoms with Crippen molar-refractivity contribution in [2.45, 2.75) is 18.4 Å². The number of fused-ring (bicyclic) bond motifs is 4. The average molecular weight is 385 g/mol. The molecule has 29 heavy (non-hydrogen) atoms. The Morgan fingerprint density at radius 3 is 2.14 bits per heavy atom. The molecule has 3 aromatic carbocycles. The summed E-state index contributed by atoms with van der Waals surface area (Å²) in [5, 5.41) is 12.7. The zero-order chi connectivity index (χ0) is 19.8. The van der Waals surface area contributed by atoms with E-state index in [1.54, 1.807) is 0 Å². The van der Waals surface area contributed by atoms with Crippen molar-refractivity contribution >= 4 is 6.09 Å². The van der Waals surface area contributed by atoms with E-state index in [0.29, 0.717) is 0 Å². The Morgan fingerprint density at radius 1 is 0.897 bits per heavy atom. The van der Waals surface area contributed by atoms with Crippen molar-refractivity contribution in [3.05, 3.63) is 95.1 Å². The van der Waals surface area contributed by atoms with E-state index < -0.39 is 6.09 Å². The highest BCUT2D eigenvalue weighted by atomic mass is 16.5. The molecule has 3 aromatic rings. The largest absolute Gasteiger partial charge is 0.449 e. The quantitative estimate of drug-likeness (QED) is 0.698. The fourth-order valence-electron chi connectivity index (χ4n) is 4.81. The number of hydrogen-bond donors (Lipinski definition) is 2. The SMILES string of the molecule is O=C(N[C@H]1c2ccccc2C[C@H]1CO)OCC1c2ccccc2-c2ccccc21. The highest BCUT2D eigenvalue weighted by Crippen LogP contribution is 2.44. The lowest BCUT2D eigenvalue weighted by Crippen LogP contribution is -2.33. The zero-order valence-electron chi connectivity index (χ0n) is 16.0. The van der Waals surface area contributed by atoms with Crippen LogP contribution in [-0.4, -0.2) is 24.4 Å². The second kappa shape index (κ2) is 7.37. The third-order valence-electron chi connectivity index (χ3n) is 6.20. The van der Waals surface area contributed by atoms with E-state index in [0.717, 1.165) is 12.0 Å². The minimum absolute atomic E-state index is 0.0205. The van der Waals surface area contributed by atoms with Crippen LogP contribution in [0.3, 0.4) is 0 Å². The van der Waals surface area contributed by atoms with Crippen LogP contribution < -0.4 is 5.32 Å². The summed E-state index contributed by atoms with van der Waals surface area (Å²) in [4.78, 5) is 12.6. The molecule has 2 atom stereocenters. The van der Waals surface area contributed by atoms with Crippen LogP contribution in [0.1, 0.15) is 34.2 Å². The topological polar surface area (TPSA) is 58.6 Å². The van der Waals surface area contributed by atoms with Gasteiger partial charge in [0.15, 0.2) is 0 Å². The molecule has 4 heteroatoms. The standard InChI is InChI=1S/C25H23NO3/c27-14-17-13-16-7-1-2-8-18(16)24(17)26-25(28)29-15-23-21-11-5-3-9-19(21)20-10-4-6-12-22(20)23/h1-12,17,23-24,27H,13-15H2,(H,26,28)/t17-,24+/m0/s1. The summed E-state index contributed by atoms with van der Waals surface area (Å²) in [6, 6.07) is 24.4. The van der Waals surface area contributed by atoms with Gasteiger partial charge in [0.2, 0.25) is 0 Å². The van der Waals surface area contributed by atoms with Gasteiger partial charge in [-0.15, -0.1) is 0 Å². The Morgan fingerprint density at radius 2 is 1.48 bits per heavy atom. The van der Waals surface area contributed by atoms with Gasteiger partial charge in [-0.3, -0.25) is 0 Å². The van der Waals surface area contributed by atoms with E-state index in [2.05, 4.69) is 35.6 Å². The Labute approximate surface area is 170 Å². The molecule has 1 amide bonds. The fraction of sp³-hybridized carbons (Fsp3) is 0.240. The van der Waals surface area contributed by atoms with E-state index in [4.69, 9.17) is 4.74 Å². The molecule has 0 heterocycles. The summed E-state index contributed by atoms with van der Waals surface area (Å²) in [5.74, 6) is 0.0190. The first kappa shape index (κ1) is 18.0. The van der Waals surface area contributed by atoms with Gasteiger partial charge in [-0.05, 0) is 39.8 Å². The molecule has 0 radical (unpaired) electrons. The van der Waals surface area contributed by atoms with Crippen LogP contribution >= 0.6 is 0 Å². The van der Waals surface area contributed by atoms with Crippen molar-refractivity contribution in [3.63, 3.8) is 0 Å². The van der Waals surface area contributed by atoms with E-state index in [1.165, 1.54) is 27.8 Å². The van der Waals surface area contributed by atoms with Crippen molar-refractivity contribution in [3.8, 4) is 11.1 Å². The number of alkyl carbamates (subject to hydrolysis) is 1. The number of amides is 1. The van der Waals surface area contributed by atoms with Crippen LogP contribution in [-0.2, 0) is 11.2 Å². The normalized spacial score (nSPS) is 19.3. The molecule has 0 saturated carbocycles. The molecule has 0 fully saturated rings. The summed E-state index contributed by atoms with van der Waals surface area (Å²) in [6.45, 7) is 0.320. The van der Waals surface area contributed by atoms with Gasteiger partial charge >= 0.3 is 6.09 Å². The maximum Gasteiger partial charge on any atom is 0.407 e. The molecule has 0 aliphatic heterocycles. The first-order chi connectivity index (χ1) is 14.3. The van der Waals surface area contributed by atoms with Crippen LogP contribution in [0.4, 0.5) is 4.79 Å². The molecule has 2 N–H and O–H groups in total. The van der Waals surface area contributed by atoms with Crippen molar-refractivity contribution < 1.29 is 14.6 Å². The van der Waals surface area contributed by atoms with Crippen molar-refractivity contribution in [2.24, 2.45) is 5.92 Å². The monoisotopic (exact) mass is 385 g/mol. The Hall–Kier alpha value is -3.11. The number of carbonyl (C=O) groups is 1. The molecule has 0 bridgehead atoms. The number of ether oxygens (including phenoxy) is 1. The van der Waals surface area contributed by atoms with E-state index in [1.807, 2.05) is 42.5 Å². The van der Waals surface area contributed by atoms with Gasteiger partial charge in [-0.25, -0.2) is 4.79 Å². The number of carbonyl (C=O) groups excluding carboxylic acids is 1. The van der Waals surface area contributed by atoms with Gasteiger partial charge in [0.1, 0.15) is 6.61 Å². The minimum atomic E-state index is -0.438. The van der Waals surface area contributed by atoms with Crippen molar-refractivity contribution in [2.75, 3.05) is 13.2 Å². The minimum Gasteiger partial charge on any atom is -0.449 e. The first-order valence-electron chi connectivity index (χ1n) is 10.1. The molecule has 146 valence electrons. The molecule has 2 aliphatic carbocycles. The third kappa shape index (κ3) is 3.10. The maximum atomic E-state index is 12.6. The van der Waals surface area contributed by atoms with Gasteiger partial charge in [0.25, 0.3) is 0 Å². The number of nitrogens with one attached hydrogen (secondary N) is 1. The van der Waals surface area contributed by atoms with E-state index >= 15 is 0 Å². The van der Waals surface area contributed by atoms with Crippen LogP contribution in [0, 0.1) is 5.92 Å². The lowest BCUT2D eigenvalue weighted by Gasteiger charge is -2.21. The number of aliphatic hydroxyl groups excluding tert-OH is 1. The molecule has 0 spiro atoms. The summed E-state index contributed by atoms with van der Waals surface area (Å²) < 4.78 is 5.68. The molecular formula is C25H23NO3. The summed E-state index contributed by atoms with van der Waals surface area (Å²) in [6.07, 6.45) is 0.327. The average Bonchev–Trinajstić information content (AvgIpc) is 3.28.